The molecule has 0 aliphatic heterocycles. The van der Waals surface area contributed by atoms with Gasteiger partial charge in [0, 0.05) is 53.8 Å². The minimum Gasteiger partial charge on any atom is -0.380 e. The van der Waals surface area contributed by atoms with Crippen molar-refractivity contribution in [3.8, 4) is 0 Å². The van der Waals surface area contributed by atoms with Gasteiger partial charge in [-0.05, 0) is 79.1 Å². The molecule has 232 valence electrons. The van der Waals surface area contributed by atoms with Crippen LogP contribution in [0.1, 0.15) is 53.7 Å². The van der Waals surface area contributed by atoms with Crippen molar-refractivity contribution in [3.63, 3.8) is 0 Å². The lowest BCUT2D eigenvalue weighted by Gasteiger charge is -2.21. The monoisotopic (exact) mass is 605 g/mol. The Morgan fingerprint density at radius 3 is 2.66 bits per heavy atom. The zero-order valence-corrected chi connectivity index (χ0v) is 25.0. The van der Waals surface area contributed by atoms with Crippen molar-refractivity contribution in [2.75, 3.05) is 38.2 Å². The third-order valence-corrected chi connectivity index (χ3v) is 8.43. The molecule has 2 aromatic carbocycles. The molecule has 2 atom stereocenters. The molecule has 2 heterocycles. The van der Waals surface area contributed by atoms with E-state index in [1.807, 2.05) is 12.1 Å². The first-order valence-electron chi connectivity index (χ1n) is 15.0. The van der Waals surface area contributed by atoms with Crippen molar-refractivity contribution in [3.05, 3.63) is 82.7 Å². The molecule has 4 N–H and O–H groups in total. The van der Waals surface area contributed by atoms with E-state index in [9.17, 15) is 18.0 Å². The number of ether oxygens (including phenoxy) is 1. The molecule has 44 heavy (non-hydrogen) atoms. The van der Waals surface area contributed by atoms with Crippen LogP contribution in [-0.4, -0.2) is 48.7 Å². The number of fused-ring (bicyclic) bond motifs is 4. The van der Waals surface area contributed by atoms with E-state index >= 15 is 0 Å². The third-order valence-electron chi connectivity index (χ3n) is 8.43. The van der Waals surface area contributed by atoms with Crippen molar-refractivity contribution in [2.24, 2.45) is 17.6 Å². The Kier molecular flexibility index (Phi) is 9.80. The summed E-state index contributed by atoms with van der Waals surface area (Å²) in [5, 5.41) is 9.64. The van der Waals surface area contributed by atoms with E-state index in [1.165, 1.54) is 17.7 Å². The number of alkyl halides is 3. The first kappa shape index (κ1) is 31.4. The van der Waals surface area contributed by atoms with E-state index in [2.05, 4.69) is 35.5 Å². The summed E-state index contributed by atoms with van der Waals surface area (Å²) in [4.78, 5) is 20.6. The normalized spacial score (nSPS) is 16.9. The maximum absolute atomic E-state index is 13.2. The molecule has 0 bridgehead atoms. The molecule has 1 aliphatic carbocycles. The number of anilines is 1. The van der Waals surface area contributed by atoms with Gasteiger partial charge < -0.3 is 21.1 Å². The smallest absolute Gasteiger partial charge is 0.380 e. The highest BCUT2D eigenvalue weighted by Gasteiger charge is 2.32. The number of hydrogen-bond donors (Lipinski definition) is 3. The number of nitrogens with two attached hydrogens (primary N) is 1. The molecule has 10 heteroatoms. The van der Waals surface area contributed by atoms with Crippen LogP contribution >= 0.6 is 0 Å². The van der Waals surface area contributed by atoms with E-state index in [-0.39, 0.29) is 11.8 Å². The Balaban J connectivity index is 1.06. The third kappa shape index (κ3) is 7.36. The van der Waals surface area contributed by atoms with Gasteiger partial charge in [0.1, 0.15) is 5.82 Å². The summed E-state index contributed by atoms with van der Waals surface area (Å²) >= 11 is 0. The first-order valence-corrected chi connectivity index (χ1v) is 15.0. The first-order chi connectivity index (χ1) is 21.1. The molecule has 1 amide bonds. The SMILES string of the molecule is CC1C(CNCCCCOCCNc2nc3cc(C(N)=O)ccc3c3cnccc23)=Cc2ccc(C(F)(F)F)cc2C[C@H]1C. The molecule has 2 aromatic heterocycles. The second-order valence-corrected chi connectivity index (χ2v) is 11.5. The predicted molar refractivity (Wildman–Crippen MR) is 168 cm³/mol. The Hall–Kier alpha value is -4.02. The average molecular weight is 606 g/mol. The van der Waals surface area contributed by atoms with E-state index in [0.29, 0.717) is 49.6 Å². The number of rotatable bonds is 12. The number of benzene rings is 2. The summed E-state index contributed by atoms with van der Waals surface area (Å²) in [6, 6.07) is 11.2. The maximum Gasteiger partial charge on any atom is 0.416 e. The van der Waals surface area contributed by atoms with Gasteiger partial charge in [-0.25, -0.2) is 4.98 Å². The van der Waals surface area contributed by atoms with Gasteiger partial charge in [0.2, 0.25) is 5.91 Å². The number of halogens is 3. The molecule has 0 fully saturated rings. The molecule has 0 saturated carbocycles. The minimum atomic E-state index is -4.33. The summed E-state index contributed by atoms with van der Waals surface area (Å²) < 4.78 is 45.5. The highest BCUT2D eigenvalue weighted by atomic mass is 19.4. The lowest BCUT2D eigenvalue weighted by atomic mass is 9.86. The molecule has 7 nitrogen and oxygen atoms in total. The fourth-order valence-electron chi connectivity index (χ4n) is 5.70. The van der Waals surface area contributed by atoms with Crippen LogP contribution in [0.2, 0.25) is 0 Å². The number of carbonyl (C=O) groups is 1. The van der Waals surface area contributed by atoms with Crippen molar-refractivity contribution >= 4 is 39.5 Å². The Morgan fingerprint density at radius 2 is 1.86 bits per heavy atom. The number of primary amides is 1. The number of aromatic nitrogens is 2. The van der Waals surface area contributed by atoms with Crippen LogP contribution in [-0.2, 0) is 17.3 Å². The van der Waals surface area contributed by atoms with Crippen LogP contribution in [0.3, 0.4) is 0 Å². The zero-order valence-electron chi connectivity index (χ0n) is 25.0. The maximum atomic E-state index is 13.2. The van der Waals surface area contributed by atoms with Gasteiger partial charge in [-0.1, -0.05) is 37.6 Å². The standard InChI is InChI=1S/C34H38F3N5O2/c1-21-15-25-17-27(34(35,36)37)7-5-23(25)16-26(22(21)2)19-39-10-3-4-13-44-14-12-41-33-29-9-11-40-20-30(29)28-8-6-24(32(38)43)18-31(28)42-33/h5-9,11,16-18,20-22,39H,3-4,10,12-15,19H2,1-2H3,(H2,38,43)(H,41,42)/t21-,22?/m1/s1. The molecule has 5 rings (SSSR count). The molecule has 0 radical (unpaired) electrons. The summed E-state index contributed by atoms with van der Waals surface area (Å²) in [6.07, 6.45) is 3.73. The number of pyridine rings is 2. The van der Waals surface area contributed by atoms with Gasteiger partial charge in [0.15, 0.2) is 0 Å². The summed E-state index contributed by atoms with van der Waals surface area (Å²) in [5.41, 5.74) is 8.81. The summed E-state index contributed by atoms with van der Waals surface area (Å²) in [7, 11) is 0. The number of nitrogens with zero attached hydrogens (tertiary/aromatic N) is 2. The van der Waals surface area contributed by atoms with E-state index in [0.717, 1.165) is 46.7 Å². The van der Waals surface area contributed by atoms with Crippen LogP contribution in [0.25, 0.3) is 27.8 Å². The number of unbranched alkanes of at least 4 members (excludes halogenated alkanes) is 1. The fraction of sp³-hybridized carbons (Fsp3) is 0.382. The van der Waals surface area contributed by atoms with Crippen molar-refractivity contribution < 1.29 is 22.7 Å². The van der Waals surface area contributed by atoms with Gasteiger partial charge in [-0.15, -0.1) is 0 Å². The lowest BCUT2D eigenvalue weighted by molar-refractivity contribution is -0.137. The minimum absolute atomic E-state index is 0.252. The van der Waals surface area contributed by atoms with Gasteiger partial charge in [0.25, 0.3) is 0 Å². The van der Waals surface area contributed by atoms with Gasteiger partial charge >= 0.3 is 6.18 Å². The molecule has 4 aromatic rings. The van der Waals surface area contributed by atoms with Crippen molar-refractivity contribution in [1.29, 1.82) is 0 Å². The van der Waals surface area contributed by atoms with E-state index in [4.69, 9.17) is 15.5 Å². The highest BCUT2D eigenvalue weighted by molar-refractivity contribution is 6.11. The van der Waals surface area contributed by atoms with Gasteiger partial charge in [0.05, 0.1) is 17.7 Å². The lowest BCUT2D eigenvalue weighted by Crippen LogP contribution is -2.23. The Labute approximate surface area is 255 Å². The van der Waals surface area contributed by atoms with Crippen LogP contribution in [0, 0.1) is 11.8 Å². The molecule has 0 spiro atoms. The van der Waals surface area contributed by atoms with Crippen LogP contribution in [0.4, 0.5) is 19.0 Å². The van der Waals surface area contributed by atoms with Crippen LogP contribution < -0.4 is 16.4 Å². The highest BCUT2D eigenvalue weighted by Crippen LogP contribution is 2.36. The van der Waals surface area contributed by atoms with Gasteiger partial charge in [-0.2, -0.15) is 13.2 Å². The molecule has 0 saturated heterocycles. The Bertz CT molecular complexity index is 1670. The largest absolute Gasteiger partial charge is 0.416 e. The number of carbonyl (C=O) groups excluding carboxylic acids is 1. The topological polar surface area (TPSA) is 102 Å². The summed E-state index contributed by atoms with van der Waals surface area (Å²) in [5.74, 6) is 0.724. The van der Waals surface area contributed by atoms with E-state index < -0.39 is 17.6 Å². The molecule has 1 unspecified atom stereocenters. The predicted octanol–water partition coefficient (Wildman–Crippen LogP) is 6.61. The van der Waals surface area contributed by atoms with Crippen LogP contribution in [0.5, 0.6) is 0 Å². The molecular formula is C34H38F3N5O2. The van der Waals surface area contributed by atoms with Crippen molar-refractivity contribution in [1.82, 2.24) is 15.3 Å². The zero-order chi connectivity index (χ0) is 31.3. The quantitative estimate of drug-likeness (QED) is 0.124. The molecule has 1 aliphatic rings. The van der Waals surface area contributed by atoms with Gasteiger partial charge in [-0.3, -0.25) is 9.78 Å². The fourth-order valence-corrected chi connectivity index (χ4v) is 5.70. The summed E-state index contributed by atoms with van der Waals surface area (Å²) in [6.45, 7) is 7.51. The van der Waals surface area contributed by atoms with Crippen LogP contribution in [0.15, 0.2) is 60.4 Å². The second-order valence-electron chi connectivity index (χ2n) is 11.5. The number of nitrogens with one attached hydrogen (secondary N) is 2. The number of hydrogen-bond acceptors (Lipinski definition) is 6. The second kappa shape index (κ2) is 13.7. The number of amides is 1. The van der Waals surface area contributed by atoms with Crippen molar-refractivity contribution in [2.45, 2.75) is 39.3 Å². The Morgan fingerprint density at radius 1 is 1.02 bits per heavy atom. The average Bonchev–Trinajstić information content (AvgIpc) is 3.12. The molecular weight excluding hydrogens is 567 g/mol. The van der Waals surface area contributed by atoms with E-state index in [1.54, 1.807) is 30.6 Å².